The number of ether oxygens (including phenoxy) is 1. The molecule has 1 spiro atoms. The SMILES string of the molecule is C[C@@]1(c2ccccc2)C=Nc2ccccc2[C@@]12OCCCS2. The maximum absolute atomic E-state index is 6.47. The van der Waals surface area contributed by atoms with Crippen LogP contribution in [-0.4, -0.2) is 18.6 Å². The Morgan fingerprint density at radius 2 is 1.82 bits per heavy atom. The van der Waals surface area contributed by atoms with E-state index in [-0.39, 0.29) is 10.3 Å². The van der Waals surface area contributed by atoms with E-state index >= 15 is 0 Å². The third kappa shape index (κ3) is 1.89. The molecule has 4 rings (SSSR count). The normalized spacial score (nSPS) is 30.2. The fourth-order valence-corrected chi connectivity index (χ4v) is 4.98. The molecule has 1 fully saturated rings. The van der Waals surface area contributed by atoms with E-state index in [9.17, 15) is 0 Å². The van der Waals surface area contributed by atoms with Gasteiger partial charge in [0.1, 0.15) is 0 Å². The summed E-state index contributed by atoms with van der Waals surface area (Å²) in [7, 11) is 0. The molecule has 112 valence electrons. The Morgan fingerprint density at radius 3 is 2.59 bits per heavy atom. The van der Waals surface area contributed by atoms with Gasteiger partial charge in [-0.15, -0.1) is 11.8 Å². The Balaban J connectivity index is 1.96. The Morgan fingerprint density at radius 1 is 1.05 bits per heavy atom. The Hall–Kier alpha value is -1.58. The third-order valence-electron chi connectivity index (χ3n) is 4.68. The van der Waals surface area contributed by atoms with Crippen LogP contribution in [-0.2, 0) is 15.1 Å². The summed E-state index contributed by atoms with van der Waals surface area (Å²) < 4.78 is 6.47. The quantitative estimate of drug-likeness (QED) is 0.763. The first-order valence-electron chi connectivity index (χ1n) is 7.74. The molecule has 2 aliphatic heterocycles. The molecule has 0 unspecified atom stereocenters. The first-order valence-corrected chi connectivity index (χ1v) is 8.73. The summed E-state index contributed by atoms with van der Waals surface area (Å²) in [5.41, 5.74) is 3.22. The van der Waals surface area contributed by atoms with Crippen LogP contribution in [0.3, 0.4) is 0 Å². The molecular formula is C19H19NOS. The molecular weight excluding hydrogens is 290 g/mol. The van der Waals surface area contributed by atoms with Gasteiger partial charge >= 0.3 is 0 Å². The molecule has 0 amide bonds. The molecule has 0 aromatic heterocycles. The minimum atomic E-state index is -0.384. The van der Waals surface area contributed by atoms with E-state index in [0.29, 0.717) is 0 Å². The average molecular weight is 309 g/mol. The molecule has 2 aromatic rings. The zero-order valence-corrected chi connectivity index (χ0v) is 13.5. The molecule has 3 heteroatoms. The minimum Gasteiger partial charge on any atom is -0.359 e. The van der Waals surface area contributed by atoms with Gasteiger partial charge in [0.2, 0.25) is 0 Å². The van der Waals surface area contributed by atoms with Gasteiger partial charge in [-0.1, -0.05) is 48.5 Å². The van der Waals surface area contributed by atoms with Gasteiger partial charge in [0, 0.05) is 18.4 Å². The number of fused-ring (bicyclic) bond motifs is 2. The first-order chi connectivity index (χ1) is 10.8. The summed E-state index contributed by atoms with van der Waals surface area (Å²) in [6, 6.07) is 19.0. The number of rotatable bonds is 1. The van der Waals surface area contributed by atoms with Crippen molar-refractivity contribution in [3.05, 3.63) is 65.7 Å². The summed E-state index contributed by atoms with van der Waals surface area (Å²) in [5.74, 6) is 1.12. The average Bonchev–Trinajstić information content (AvgIpc) is 2.60. The van der Waals surface area contributed by atoms with Crippen LogP contribution in [0.25, 0.3) is 0 Å². The van der Waals surface area contributed by atoms with E-state index in [1.165, 1.54) is 11.1 Å². The topological polar surface area (TPSA) is 21.6 Å². The number of para-hydroxylation sites is 1. The lowest BCUT2D eigenvalue weighted by Gasteiger charge is -2.50. The Labute approximate surface area is 135 Å². The number of hydrogen-bond donors (Lipinski definition) is 0. The molecule has 0 aliphatic carbocycles. The van der Waals surface area contributed by atoms with Crippen molar-refractivity contribution in [2.45, 2.75) is 23.7 Å². The second-order valence-corrected chi connectivity index (χ2v) is 7.28. The fourth-order valence-electron chi connectivity index (χ4n) is 3.46. The van der Waals surface area contributed by atoms with Crippen molar-refractivity contribution in [1.82, 2.24) is 0 Å². The number of thioether (sulfide) groups is 1. The smallest absolute Gasteiger partial charge is 0.155 e. The highest BCUT2D eigenvalue weighted by molar-refractivity contribution is 8.00. The molecule has 0 bridgehead atoms. The van der Waals surface area contributed by atoms with E-state index in [0.717, 1.165) is 24.5 Å². The van der Waals surface area contributed by atoms with Crippen LogP contribution in [0.5, 0.6) is 0 Å². The Kier molecular flexibility index (Phi) is 3.35. The van der Waals surface area contributed by atoms with Crippen LogP contribution in [0.15, 0.2) is 59.6 Å². The van der Waals surface area contributed by atoms with Crippen molar-refractivity contribution >= 4 is 23.7 Å². The molecule has 2 aliphatic rings. The molecule has 2 heterocycles. The largest absolute Gasteiger partial charge is 0.359 e. The minimum absolute atomic E-state index is 0.270. The molecule has 2 nitrogen and oxygen atoms in total. The highest BCUT2D eigenvalue weighted by Gasteiger charge is 2.55. The van der Waals surface area contributed by atoms with E-state index in [1.54, 1.807) is 0 Å². The van der Waals surface area contributed by atoms with Crippen LogP contribution in [0.2, 0.25) is 0 Å². The molecule has 1 saturated heterocycles. The lowest BCUT2D eigenvalue weighted by molar-refractivity contribution is -0.0162. The van der Waals surface area contributed by atoms with Crippen molar-refractivity contribution in [1.29, 1.82) is 0 Å². The summed E-state index contributed by atoms with van der Waals surface area (Å²) >= 11 is 1.92. The molecule has 2 atom stereocenters. The van der Waals surface area contributed by atoms with Gasteiger partial charge in [-0.25, -0.2) is 0 Å². The van der Waals surface area contributed by atoms with Crippen LogP contribution < -0.4 is 0 Å². The molecule has 2 aromatic carbocycles. The van der Waals surface area contributed by atoms with Crippen LogP contribution in [0.4, 0.5) is 5.69 Å². The molecule has 0 saturated carbocycles. The molecule has 0 N–H and O–H groups in total. The van der Waals surface area contributed by atoms with Gasteiger partial charge in [-0.2, -0.15) is 0 Å². The van der Waals surface area contributed by atoms with Crippen molar-refractivity contribution in [2.75, 3.05) is 12.4 Å². The van der Waals surface area contributed by atoms with E-state index in [1.807, 2.05) is 17.8 Å². The van der Waals surface area contributed by atoms with Gasteiger partial charge in [0.25, 0.3) is 0 Å². The first kappa shape index (κ1) is 14.0. The zero-order valence-electron chi connectivity index (χ0n) is 12.7. The van der Waals surface area contributed by atoms with Crippen molar-refractivity contribution in [3.63, 3.8) is 0 Å². The predicted octanol–water partition coefficient (Wildman–Crippen LogP) is 4.67. The predicted molar refractivity (Wildman–Crippen MR) is 93.1 cm³/mol. The van der Waals surface area contributed by atoms with Gasteiger partial charge in [-0.3, -0.25) is 4.99 Å². The van der Waals surface area contributed by atoms with E-state index in [2.05, 4.69) is 61.7 Å². The second-order valence-electron chi connectivity index (χ2n) is 6.01. The molecule has 0 radical (unpaired) electrons. The zero-order chi connectivity index (χ0) is 15.0. The van der Waals surface area contributed by atoms with E-state index in [4.69, 9.17) is 9.73 Å². The second kappa shape index (κ2) is 5.25. The van der Waals surface area contributed by atoms with Crippen molar-refractivity contribution < 1.29 is 4.74 Å². The van der Waals surface area contributed by atoms with E-state index < -0.39 is 0 Å². The van der Waals surface area contributed by atoms with Crippen LogP contribution in [0.1, 0.15) is 24.5 Å². The lowest BCUT2D eigenvalue weighted by Crippen LogP contribution is -2.51. The molecule has 22 heavy (non-hydrogen) atoms. The van der Waals surface area contributed by atoms with Gasteiger partial charge in [-0.05, 0) is 30.7 Å². The third-order valence-corrected chi connectivity index (χ3v) is 6.34. The summed E-state index contributed by atoms with van der Waals surface area (Å²) in [5, 5.41) is 0. The van der Waals surface area contributed by atoms with Gasteiger partial charge in [0.15, 0.2) is 4.93 Å². The van der Waals surface area contributed by atoms with Gasteiger partial charge < -0.3 is 4.74 Å². The lowest BCUT2D eigenvalue weighted by atomic mass is 9.73. The van der Waals surface area contributed by atoms with Gasteiger partial charge in [0.05, 0.1) is 11.1 Å². The summed E-state index contributed by atoms with van der Waals surface area (Å²) in [6.07, 6.45) is 3.19. The highest BCUT2D eigenvalue weighted by Crippen LogP contribution is 2.57. The maximum atomic E-state index is 6.47. The van der Waals surface area contributed by atoms with Crippen molar-refractivity contribution in [3.8, 4) is 0 Å². The standard InChI is InChI=1S/C19H19NOS/c1-18(15-8-3-2-4-9-15)14-20-17-11-6-5-10-16(17)19(18)21-12-7-13-22-19/h2-6,8-11,14H,7,12-13H2,1H3/t18-,19-/m0/s1. The fraction of sp³-hybridized carbons (Fsp3) is 0.316. The number of aliphatic imine (C=N–C) groups is 1. The summed E-state index contributed by atoms with van der Waals surface area (Å²) in [6.45, 7) is 3.05. The van der Waals surface area contributed by atoms with Crippen molar-refractivity contribution in [2.24, 2.45) is 4.99 Å². The van der Waals surface area contributed by atoms with Crippen LogP contribution in [0, 0.1) is 0 Å². The number of nitrogens with zero attached hydrogens (tertiary/aromatic N) is 1. The van der Waals surface area contributed by atoms with Crippen LogP contribution >= 0.6 is 11.8 Å². The monoisotopic (exact) mass is 309 g/mol. The number of benzene rings is 2. The highest BCUT2D eigenvalue weighted by atomic mass is 32.2. The number of hydrogen-bond acceptors (Lipinski definition) is 3. The summed E-state index contributed by atoms with van der Waals surface area (Å²) in [4.78, 5) is 4.37. The Bertz CT molecular complexity index is 706. The maximum Gasteiger partial charge on any atom is 0.155 e.